The molecule has 0 aromatic heterocycles. The van der Waals surface area contributed by atoms with Crippen molar-refractivity contribution in [2.75, 3.05) is 0 Å². The Labute approximate surface area is 90.4 Å². The first-order chi connectivity index (χ1) is 7.20. The Morgan fingerprint density at radius 2 is 2.00 bits per heavy atom. The van der Waals surface area contributed by atoms with Gasteiger partial charge in [-0.2, -0.15) is 0 Å². The Morgan fingerprint density at radius 3 is 2.47 bits per heavy atom. The van der Waals surface area contributed by atoms with Crippen LogP contribution < -0.4 is 0 Å². The van der Waals surface area contributed by atoms with Crippen LogP contribution in [-0.4, -0.2) is 12.6 Å². The fourth-order valence-electron chi connectivity index (χ4n) is 1.60. The third-order valence-corrected chi connectivity index (χ3v) is 2.52. The summed E-state index contributed by atoms with van der Waals surface area (Å²) in [4.78, 5) is 14.9. The van der Waals surface area contributed by atoms with E-state index in [1.807, 2.05) is 37.3 Å². The second-order valence-corrected chi connectivity index (χ2v) is 3.46. The standard InChI is InChI=1S/C13H15NO/c1-4-12(10(2)13(15)14-3)11-8-6-5-7-9-11/h4-10,12H,1,3H2,2H3. The summed E-state index contributed by atoms with van der Waals surface area (Å²) in [5.74, 6) is -0.393. The van der Waals surface area contributed by atoms with Crippen molar-refractivity contribution in [1.29, 1.82) is 0 Å². The van der Waals surface area contributed by atoms with Crippen molar-refractivity contribution in [1.82, 2.24) is 0 Å². The fourth-order valence-corrected chi connectivity index (χ4v) is 1.60. The smallest absolute Gasteiger partial charge is 0.248 e. The van der Waals surface area contributed by atoms with E-state index < -0.39 is 0 Å². The molecule has 0 aliphatic heterocycles. The molecule has 0 saturated heterocycles. The van der Waals surface area contributed by atoms with Gasteiger partial charge in [-0.15, -0.1) is 6.58 Å². The highest BCUT2D eigenvalue weighted by molar-refractivity contribution is 5.83. The zero-order valence-corrected chi connectivity index (χ0v) is 8.89. The van der Waals surface area contributed by atoms with Gasteiger partial charge in [0.05, 0.1) is 0 Å². The fraction of sp³-hybridized carbons (Fsp3) is 0.231. The molecular formula is C13H15NO. The van der Waals surface area contributed by atoms with Gasteiger partial charge >= 0.3 is 0 Å². The molecule has 0 heterocycles. The third-order valence-electron chi connectivity index (χ3n) is 2.52. The number of rotatable bonds is 4. The van der Waals surface area contributed by atoms with Gasteiger partial charge < -0.3 is 0 Å². The van der Waals surface area contributed by atoms with E-state index in [-0.39, 0.29) is 17.7 Å². The molecular weight excluding hydrogens is 186 g/mol. The number of hydrogen-bond donors (Lipinski definition) is 0. The second-order valence-electron chi connectivity index (χ2n) is 3.46. The number of hydrogen-bond acceptors (Lipinski definition) is 1. The molecule has 1 amide bonds. The summed E-state index contributed by atoms with van der Waals surface area (Å²) >= 11 is 0. The Balaban J connectivity index is 2.94. The highest BCUT2D eigenvalue weighted by Gasteiger charge is 2.21. The minimum absolute atomic E-state index is 0.00389. The van der Waals surface area contributed by atoms with Crippen molar-refractivity contribution in [3.63, 3.8) is 0 Å². The van der Waals surface area contributed by atoms with E-state index in [2.05, 4.69) is 18.3 Å². The van der Waals surface area contributed by atoms with E-state index in [0.29, 0.717) is 0 Å². The lowest BCUT2D eigenvalue weighted by Crippen LogP contribution is -2.16. The molecule has 1 aromatic rings. The van der Waals surface area contributed by atoms with Crippen LogP contribution in [-0.2, 0) is 4.79 Å². The molecule has 0 aliphatic carbocycles. The molecule has 15 heavy (non-hydrogen) atoms. The van der Waals surface area contributed by atoms with E-state index in [1.54, 1.807) is 6.08 Å². The lowest BCUT2D eigenvalue weighted by molar-refractivity contribution is -0.121. The predicted molar refractivity (Wildman–Crippen MR) is 63.1 cm³/mol. The van der Waals surface area contributed by atoms with Crippen LogP contribution in [0.5, 0.6) is 0 Å². The number of aliphatic imine (C=N–C) groups is 1. The topological polar surface area (TPSA) is 29.4 Å². The van der Waals surface area contributed by atoms with Crippen molar-refractivity contribution in [3.05, 3.63) is 48.6 Å². The molecule has 2 unspecified atom stereocenters. The first-order valence-corrected chi connectivity index (χ1v) is 4.88. The van der Waals surface area contributed by atoms with Gasteiger partial charge in [0.15, 0.2) is 0 Å². The summed E-state index contributed by atoms with van der Waals surface area (Å²) in [5, 5.41) is 0. The van der Waals surface area contributed by atoms with Gasteiger partial charge in [-0.1, -0.05) is 43.3 Å². The molecule has 0 radical (unpaired) electrons. The SMILES string of the molecule is C=CC(c1ccccc1)C(C)C(=O)N=C. The molecule has 2 heteroatoms. The molecule has 1 rings (SSSR count). The maximum absolute atomic E-state index is 11.4. The van der Waals surface area contributed by atoms with Crippen LogP contribution in [0, 0.1) is 5.92 Å². The summed E-state index contributed by atoms with van der Waals surface area (Å²) in [6.07, 6.45) is 1.78. The lowest BCUT2D eigenvalue weighted by atomic mass is 9.87. The van der Waals surface area contributed by atoms with Crippen molar-refractivity contribution < 1.29 is 4.79 Å². The van der Waals surface area contributed by atoms with E-state index in [1.165, 1.54) is 0 Å². The number of nitrogens with zero attached hydrogens (tertiary/aromatic N) is 1. The van der Waals surface area contributed by atoms with E-state index in [4.69, 9.17) is 0 Å². The Morgan fingerprint density at radius 1 is 1.40 bits per heavy atom. The number of benzene rings is 1. The average molecular weight is 201 g/mol. The zero-order valence-electron chi connectivity index (χ0n) is 8.89. The normalized spacial score (nSPS) is 13.9. The molecule has 78 valence electrons. The maximum Gasteiger partial charge on any atom is 0.248 e. The van der Waals surface area contributed by atoms with E-state index >= 15 is 0 Å². The lowest BCUT2D eigenvalue weighted by Gasteiger charge is -2.17. The van der Waals surface area contributed by atoms with Gasteiger partial charge in [0.2, 0.25) is 5.91 Å². The zero-order chi connectivity index (χ0) is 11.3. The maximum atomic E-state index is 11.4. The minimum atomic E-state index is -0.206. The molecule has 1 aromatic carbocycles. The summed E-state index contributed by atoms with van der Waals surface area (Å²) in [6.45, 7) is 8.86. The molecule has 0 fully saturated rings. The summed E-state index contributed by atoms with van der Waals surface area (Å²) in [7, 11) is 0. The van der Waals surface area contributed by atoms with Crippen molar-refractivity contribution in [2.24, 2.45) is 10.9 Å². The number of amides is 1. The van der Waals surface area contributed by atoms with Crippen molar-refractivity contribution in [3.8, 4) is 0 Å². The van der Waals surface area contributed by atoms with Crippen LogP contribution in [0.4, 0.5) is 0 Å². The van der Waals surface area contributed by atoms with Gasteiger partial charge in [-0.3, -0.25) is 4.79 Å². The Kier molecular flexibility index (Phi) is 3.98. The van der Waals surface area contributed by atoms with Crippen molar-refractivity contribution >= 4 is 12.6 Å². The van der Waals surface area contributed by atoms with Crippen LogP contribution in [0.15, 0.2) is 48.0 Å². The van der Waals surface area contributed by atoms with Crippen LogP contribution in [0.3, 0.4) is 0 Å². The molecule has 0 N–H and O–H groups in total. The minimum Gasteiger partial charge on any atom is -0.272 e. The first-order valence-electron chi connectivity index (χ1n) is 4.88. The highest BCUT2D eigenvalue weighted by atomic mass is 16.1. The van der Waals surface area contributed by atoms with Crippen LogP contribution in [0.1, 0.15) is 18.4 Å². The van der Waals surface area contributed by atoms with E-state index in [0.717, 1.165) is 5.56 Å². The molecule has 2 nitrogen and oxygen atoms in total. The Bertz CT molecular complexity index is 356. The summed E-state index contributed by atoms with van der Waals surface area (Å²) in [6, 6.07) is 9.81. The van der Waals surface area contributed by atoms with E-state index in [9.17, 15) is 4.79 Å². The quantitative estimate of drug-likeness (QED) is 0.544. The number of carbonyl (C=O) groups is 1. The average Bonchev–Trinajstić information content (AvgIpc) is 2.30. The molecule has 0 spiro atoms. The molecule has 0 bridgehead atoms. The van der Waals surface area contributed by atoms with Gasteiger partial charge in [0.25, 0.3) is 0 Å². The molecule has 2 atom stereocenters. The summed E-state index contributed by atoms with van der Waals surface area (Å²) in [5.41, 5.74) is 1.08. The van der Waals surface area contributed by atoms with Crippen molar-refractivity contribution in [2.45, 2.75) is 12.8 Å². The number of carbonyl (C=O) groups excluding carboxylic acids is 1. The Hall–Kier alpha value is -1.70. The third kappa shape index (κ3) is 2.62. The van der Waals surface area contributed by atoms with Crippen LogP contribution in [0.25, 0.3) is 0 Å². The highest BCUT2D eigenvalue weighted by Crippen LogP contribution is 2.26. The number of allylic oxidation sites excluding steroid dienone is 1. The first kappa shape index (κ1) is 11.4. The largest absolute Gasteiger partial charge is 0.272 e. The van der Waals surface area contributed by atoms with Gasteiger partial charge in [-0.25, -0.2) is 4.99 Å². The van der Waals surface area contributed by atoms with Gasteiger partial charge in [-0.05, 0) is 12.3 Å². The van der Waals surface area contributed by atoms with Gasteiger partial charge in [0, 0.05) is 11.8 Å². The summed E-state index contributed by atoms with van der Waals surface area (Å²) < 4.78 is 0. The van der Waals surface area contributed by atoms with Crippen LogP contribution in [0.2, 0.25) is 0 Å². The molecule has 0 aliphatic rings. The predicted octanol–water partition coefficient (Wildman–Crippen LogP) is 2.82. The van der Waals surface area contributed by atoms with Crippen LogP contribution >= 0.6 is 0 Å². The second kappa shape index (κ2) is 5.25. The monoisotopic (exact) mass is 201 g/mol. The van der Waals surface area contributed by atoms with Gasteiger partial charge in [0.1, 0.15) is 0 Å². The molecule has 0 saturated carbocycles.